The smallest absolute Gasteiger partial charge is 0.337 e. The molecule has 0 radical (unpaired) electrons. The Labute approximate surface area is 209 Å². The fourth-order valence-electron chi connectivity index (χ4n) is 3.14. The summed E-state index contributed by atoms with van der Waals surface area (Å²) in [4.78, 5) is 50.6. The predicted octanol–water partition coefficient (Wildman–Crippen LogP) is 3.71. The number of carbonyl (C=O) groups excluding carboxylic acids is 4. The van der Waals surface area contributed by atoms with Gasteiger partial charge in [-0.05, 0) is 77.6 Å². The Hall–Kier alpha value is -3.67. The first-order valence-electron chi connectivity index (χ1n) is 10.1. The highest BCUT2D eigenvalue weighted by Gasteiger charge is 2.37. The third kappa shape index (κ3) is 5.28. The average molecular weight is 576 g/mol. The number of amides is 4. The molecule has 34 heavy (non-hydrogen) atoms. The van der Waals surface area contributed by atoms with Gasteiger partial charge in [-0.25, -0.2) is 14.5 Å². The van der Waals surface area contributed by atoms with Crippen LogP contribution in [0.2, 0.25) is 0 Å². The van der Waals surface area contributed by atoms with E-state index in [4.69, 9.17) is 9.47 Å². The van der Waals surface area contributed by atoms with Gasteiger partial charge in [0.2, 0.25) is 0 Å². The lowest BCUT2D eigenvalue weighted by Crippen LogP contribution is -2.54. The van der Waals surface area contributed by atoms with Crippen molar-refractivity contribution in [1.29, 1.82) is 0 Å². The Bertz CT molecular complexity index is 1190. The highest BCUT2D eigenvalue weighted by Crippen LogP contribution is 2.35. The lowest BCUT2D eigenvalue weighted by Gasteiger charge is -2.26. The van der Waals surface area contributed by atoms with Crippen molar-refractivity contribution in [3.8, 4) is 11.5 Å². The lowest BCUT2D eigenvalue weighted by atomic mass is 10.1. The number of esters is 1. The van der Waals surface area contributed by atoms with E-state index in [1.54, 1.807) is 18.2 Å². The van der Waals surface area contributed by atoms with E-state index >= 15 is 0 Å². The van der Waals surface area contributed by atoms with Crippen LogP contribution < -0.4 is 19.7 Å². The third-order valence-electron chi connectivity index (χ3n) is 4.64. The van der Waals surface area contributed by atoms with E-state index < -0.39 is 23.8 Å². The second-order valence-electron chi connectivity index (χ2n) is 6.86. The summed E-state index contributed by atoms with van der Waals surface area (Å²) >= 11 is 2.07. The molecule has 1 saturated heterocycles. The summed E-state index contributed by atoms with van der Waals surface area (Å²) in [5.41, 5.74) is 0.702. The van der Waals surface area contributed by atoms with Crippen molar-refractivity contribution in [3.05, 3.63) is 69.3 Å². The Morgan fingerprint density at radius 1 is 1.15 bits per heavy atom. The second-order valence-corrected chi connectivity index (χ2v) is 8.02. The van der Waals surface area contributed by atoms with E-state index in [0.29, 0.717) is 27.2 Å². The number of hydrogen-bond donors (Lipinski definition) is 1. The largest absolute Gasteiger partial charge is 0.490 e. The van der Waals surface area contributed by atoms with Crippen molar-refractivity contribution in [2.45, 2.75) is 6.92 Å². The molecule has 2 aromatic carbocycles. The van der Waals surface area contributed by atoms with Gasteiger partial charge in [0.05, 0.1) is 28.5 Å². The van der Waals surface area contributed by atoms with Crippen LogP contribution in [0.1, 0.15) is 22.8 Å². The zero-order valence-corrected chi connectivity index (χ0v) is 20.6. The monoisotopic (exact) mass is 576 g/mol. The van der Waals surface area contributed by atoms with Crippen LogP contribution >= 0.6 is 22.6 Å². The molecule has 0 saturated carbocycles. The number of ether oxygens (including phenoxy) is 3. The third-order valence-corrected chi connectivity index (χ3v) is 5.44. The number of benzene rings is 2. The number of barbiturate groups is 1. The molecular formula is C24H21IN2O7. The van der Waals surface area contributed by atoms with E-state index in [1.807, 2.05) is 6.92 Å². The van der Waals surface area contributed by atoms with Crippen molar-refractivity contribution in [1.82, 2.24) is 5.32 Å². The molecular weight excluding hydrogens is 555 g/mol. The maximum Gasteiger partial charge on any atom is 0.337 e. The number of methoxy groups -OCH3 is 1. The van der Waals surface area contributed by atoms with Crippen LogP contribution in [0, 0.1) is 3.57 Å². The minimum Gasteiger partial charge on any atom is -0.490 e. The number of carbonyl (C=O) groups is 4. The fourth-order valence-corrected chi connectivity index (χ4v) is 3.92. The summed E-state index contributed by atoms with van der Waals surface area (Å²) in [6.45, 7) is 6.12. The number of anilines is 1. The van der Waals surface area contributed by atoms with Gasteiger partial charge in [-0.3, -0.25) is 14.9 Å². The van der Waals surface area contributed by atoms with Crippen LogP contribution in [-0.4, -0.2) is 44.1 Å². The van der Waals surface area contributed by atoms with Gasteiger partial charge >= 0.3 is 12.0 Å². The van der Waals surface area contributed by atoms with Crippen LogP contribution in [0.15, 0.2) is 54.6 Å². The van der Waals surface area contributed by atoms with Crippen LogP contribution in [0.5, 0.6) is 11.5 Å². The van der Waals surface area contributed by atoms with Gasteiger partial charge in [-0.1, -0.05) is 12.7 Å². The summed E-state index contributed by atoms with van der Waals surface area (Å²) in [6, 6.07) is 8.14. The summed E-state index contributed by atoms with van der Waals surface area (Å²) in [5.74, 6) is -1.22. The number of nitrogens with one attached hydrogen (secondary N) is 1. The molecule has 176 valence electrons. The Kier molecular flexibility index (Phi) is 8.05. The quantitative estimate of drug-likeness (QED) is 0.168. The van der Waals surface area contributed by atoms with Gasteiger partial charge in [-0.2, -0.15) is 0 Å². The molecule has 2 aromatic rings. The van der Waals surface area contributed by atoms with Crippen LogP contribution in [0.3, 0.4) is 0 Å². The van der Waals surface area contributed by atoms with Gasteiger partial charge < -0.3 is 14.2 Å². The summed E-state index contributed by atoms with van der Waals surface area (Å²) < 4.78 is 16.7. The van der Waals surface area contributed by atoms with Gasteiger partial charge in [0.25, 0.3) is 11.8 Å². The topological polar surface area (TPSA) is 111 Å². The zero-order valence-electron chi connectivity index (χ0n) is 18.4. The first kappa shape index (κ1) is 25.0. The SMILES string of the molecule is C=CCOc1c(I)cc(/C=C2\C(=O)NC(=O)N(c3ccc(C(=O)OC)cc3)C2=O)cc1OCC. The molecule has 1 N–H and O–H groups in total. The van der Waals surface area contributed by atoms with Crippen molar-refractivity contribution in [2.24, 2.45) is 0 Å². The number of imide groups is 2. The summed E-state index contributed by atoms with van der Waals surface area (Å²) in [6.07, 6.45) is 2.98. The van der Waals surface area contributed by atoms with Gasteiger partial charge in [-0.15, -0.1) is 0 Å². The molecule has 1 aliphatic rings. The van der Waals surface area contributed by atoms with Crippen LogP contribution in [0.25, 0.3) is 6.08 Å². The highest BCUT2D eigenvalue weighted by atomic mass is 127. The predicted molar refractivity (Wildman–Crippen MR) is 133 cm³/mol. The second kappa shape index (κ2) is 11.0. The van der Waals surface area contributed by atoms with Crippen molar-refractivity contribution < 1.29 is 33.4 Å². The van der Waals surface area contributed by atoms with Crippen molar-refractivity contribution in [3.63, 3.8) is 0 Å². The first-order chi connectivity index (χ1) is 16.3. The van der Waals surface area contributed by atoms with E-state index in [1.165, 1.54) is 37.5 Å². The molecule has 0 bridgehead atoms. The molecule has 0 spiro atoms. The standard InChI is InChI=1S/C24H21IN2O7/c1-4-10-34-20-18(25)12-14(13-19(20)33-5-2)11-17-21(28)26-24(31)27(22(17)29)16-8-6-15(7-9-16)23(30)32-3/h4,6-9,11-13H,1,5,10H2,2-3H3,(H,26,28,31)/b17-11+. The molecule has 3 rings (SSSR count). The lowest BCUT2D eigenvalue weighted by molar-refractivity contribution is -0.122. The molecule has 1 fully saturated rings. The highest BCUT2D eigenvalue weighted by molar-refractivity contribution is 14.1. The Morgan fingerprint density at radius 3 is 2.47 bits per heavy atom. The summed E-state index contributed by atoms with van der Waals surface area (Å²) in [5, 5.41) is 2.17. The maximum absolute atomic E-state index is 13.1. The van der Waals surface area contributed by atoms with E-state index in [-0.39, 0.29) is 23.4 Å². The molecule has 4 amide bonds. The molecule has 1 aliphatic heterocycles. The van der Waals surface area contributed by atoms with Crippen LogP contribution in [0.4, 0.5) is 10.5 Å². The molecule has 10 heteroatoms. The van der Waals surface area contributed by atoms with Crippen molar-refractivity contribution in [2.75, 3.05) is 25.2 Å². The number of urea groups is 1. The summed E-state index contributed by atoms with van der Waals surface area (Å²) in [7, 11) is 1.25. The van der Waals surface area contributed by atoms with E-state index in [2.05, 4.69) is 39.2 Å². The number of hydrogen-bond acceptors (Lipinski definition) is 7. The molecule has 0 unspecified atom stereocenters. The average Bonchev–Trinajstić information content (AvgIpc) is 2.81. The minimum absolute atomic E-state index is 0.186. The van der Waals surface area contributed by atoms with E-state index in [0.717, 1.165) is 4.90 Å². The molecule has 0 aliphatic carbocycles. The Morgan fingerprint density at radius 2 is 1.85 bits per heavy atom. The van der Waals surface area contributed by atoms with E-state index in [9.17, 15) is 19.2 Å². The first-order valence-corrected chi connectivity index (χ1v) is 11.2. The number of rotatable bonds is 8. The zero-order chi connectivity index (χ0) is 24.8. The Balaban J connectivity index is 1.99. The maximum atomic E-state index is 13.1. The van der Waals surface area contributed by atoms with Gasteiger partial charge in [0, 0.05) is 0 Å². The number of halogens is 1. The normalized spacial score (nSPS) is 14.6. The number of nitrogens with zero attached hydrogens (tertiary/aromatic N) is 1. The molecule has 1 heterocycles. The van der Waals surface area contributed by atoms with Crippen LogP contribution in [-0.2, 0) is 14.3 Å². The fraction of sp³-hybridized carbons (Fsp3) is 0.167. The molecule has 0 aromatic heterocycles. The molecule has 0 atom stereocenters. The minimum atomic E-state index is -0.893. The molecule has 9 nitrogen and oxygen atoms in total. The van der Waals surface area contributed by atoms with Gasteiger partial charge in [0.1, 0.15) is 12.2 Å². The van der Waals surface area contributed by atoms with Crippen molar-refractivity contribution >= 4 is 58.2 Å². The van der Waals surface area contributed by atoms with Gasteiger partial charge in [0.15, 0.2) is 11.5 Å².